The van der Waals surface area contributed by atoms with Crippen LogP contribution in [0.5, 0.6) is 0 Å². The average Bonchev–Trinajstić information content (AvgIpc) is 3.99. The first-order valence-corrected chi connectivity index (χ1v) is 25.8. The molecule has 1 amide bonds. The Balaban J connectivity index is 0.000000249. The molecule has 0 atom stereocenters. The van der Waals surface area contributed by atoms with Gasteiger partial charge in [-0.15, -0.1) is 22.7 Å². The van der Waals surface area contributed by atoms with Gasteiger partial charge in [-0.1, -0.05) is 47.5 Å². The summed E-state index contributed by atoms with van der Waals surface area (Å²) in [6.07, 6.45) is -0.473. The van der Waals surface area contributed by atoms with Crippen LogP contribution in [-0.4, -0.2) is 79.2 Å². The van der Waals surface area contributed by atoms with Gasteiger partial charge in [0.25, 0.3) is 11.1 Å². The summed E-state index contributed by atoms with van der Waals surface area (Å²) in [5.41, 5.74) is -0.937. The molecule has 0 aliphatic heterocycles. The normalized spacial score (nSPS) is 11.0. The molecule has 0 saturated carbocycles. The number of Topliss-reactive ketones (excluding diaryl/α,β-unsaturated/α-hetero) is 1. The Hall–Kier alpha value is -6.31. The third-order valence-electron chi connectivity index (χ3n) is 9.96. The van der Waals surface area contributed by atoms with Crippen molar-refractivity contribution in [3.8, 4) is 17.4 Å². The zero-order valence-electron chi connectivity index (χ0n) is 38.0. The van der Waals surface area contributed by atoms with Gasteiger partial charge in [0.15, 0.2) is 15.6 Å². The van der Waals surface area contributed by atoms with Gasteiger partial charge in [-0.2, -0.15) is 5.26 Å². The number of hydrogen-bond donors (Lipinski definition) is 5. The second kappa shape index (κ2) is 24.6. The second-order valence-corrected chi connectivity index (χ2v) is 22.3. The maximum Gasteiger partial charge on any atom is 1.00 e. The molecule has 0 aliphatic carbocycles. The number of nitriles is 1. The van der Waals surface area contributed by atoms with E-state index in [1.165, 1.54) is 105 Å². The van der Waals surface area contributed by atoms with E-state index in [-0.39, 0.29) is 106 Å². The molecular formula is C45H35Cl2F2N8NaO11S4. The molecule has 0 fully saturated rings. The quantitative estimate of drug-likeness (QED) is 0.0820. The number of aliphatic hydroxyl groups is 1. The number of sulfone groups is 1. The van der Waals surface area contributed by atoms with E-state index in [1.54, 1.807) is 0 Å². The molecule has 8 rings (SSSR count). The molecule has 5 N–H and O–H groups in total. The number of anilines is 2. The van der Waals surface area contributed by atoms with Gasteiger partial charge in [-0.3, -0.25) is 14.4 Å². The van der Waals surface area contributed by atoms with Gasteiger partial charge in [0.1, 0.15) is 42.4 Å². The van der Waals surface area contributed by atoms with Crippen LogP contribution in [0.4, 0.5) is 20.2 Å². The molecular weight excluding hydrogens is 1090 g/mol. The van der Waals surface area contributed by atoms with Crippen LogP contribution in [0.2, 0.25) is 8.67 Å². The number of H-pyrrole nitrogens is 2. The molecule has 8 aromatic rings. The van der Waals surface area contributed by atoms with Crippen molar-refractivity contribution in [2.75, 3.05) is 37.1 Å². The number of carbonyl (C=O) groups is 2. The number of carbonyl (C=O) groups excluding carboxylic acids is 2. The van der Waals surface area contributed by atoms with Crippen molar-refractivity contribution >= 4 is 111 Å². The molecule has 19 nitrogen and oxygen atoms in total. The van der Waals surface area contributed by atoms with Gasteiger partial charge < -0.3 is 35.2 Å². The van der Waals surface area contributed by atoms with Crippen LogP contribution in [0.1, 0.15) is 11.1 Å². The first-order chi connectivity index (χ1) is 34.1. The SMILES string of the molecule is CNc1cc2[nH]c(=O)n(-c3ccc(CC(=O)CS(=O)(=O)c4ccc(Cl)s4)cc3)c(=O)c2cc1F.CNc1cc2[nH]c(=O)n(-c3ccc(CC(=O)[N-]S(=O)(=O)c4ccc(Cl)s4)cc3)c(=O)c2cc1F.N#CCO.[Na+]. The van der Waals surface area contributed by atoms with Crippen molar-refractivity contribution in [2.24, 2.45) is 0 Å². The van der Waals surface area contributed by atoms with Crippen molar-refractivity contribution in [3.63, 3.8) is 0 Å². The summed E-state index contributed by atoms with van der Waals surface area (Å²) in [5, 5.41) is 20.1. The number of fused-ring (bicyclic) bond motifs is 2. The fourth-order valence-corrected chi connectivity index (χ4v) is 11.9. The second-order valence-electron chi connectivity index (χ2n) is 14.8. The predicted octanol–water partition coefficient (Wildman–Crippen LogP) is 3.07. The van der Waals surface area contributed by atoms with E-state index in [2.05, 4.69) is 25.3 Å². The van der Waals surface area contributed by atoms with Crippen LogP contribution in [0, 0.1) is 23.0 Å². The Kier molecular flexibility index (Phi) is 19.4. The Morgan fingerprint density at radius 2 is 1.11 bits per heavy atom. The number of aromatic amines is 2. The summed E-state index contributed by atoms with van der Waals surface area (Å²) < 4.78 is 82.8. The van der Waals surface area contributed by atoms with Gasteiger partial charge in [0.2, 0.25) is 0 Å². The Bertz CT molecular complexity index is 3670. The Morgan fingerprint density at radius 1 is 0.699 bits per heavy atom. The minimum atomic E-state index is -4.17. The molecule has 374 valence electrons. The number of ketones is 1. The molecule has 73 heavy (non-hydrogen) atoms. The van der Waals surface area contributed by atoms with Gasteiger partial charge >= 0.3 is 40.9 Å². The fraction of sp³-hybridized carbons (Fsp3) is 0.133. The topological polar surface area (TPSA) is 294 Å². The largest absolute Gasteiger partial charge is 1.00 e. The van der Waals surface area contributed by atoms with E-state index < -0.39 is 71.4 Å². The van der Waals surface area contributed by atoms with E-state index >= 15 is 0 Å². The van der Waals surface area contributed by atoms with Crippen LogP contribution in [0.25, 0.3) is 37.9 Å². The van der Waals surface area contributed by atoms with Crippen molar-refractivity contribution in [2.45, 2.75) is 21.3 Å². The summed E-state index contributed by atoms with van der Waals surface area (Å²) in [5.74, 6) is -3.37. The number of amides is 1. The average molecular weight is 1120 g/mol. The van der Waals surface area contributed by atoms with Crippen LogP contribution < -0.4 is 62.7 Å². The number of benzene rings is 4. The van der Waals surface area contributed by atoms with Crippen LogP contribution in [0.15, 0.2) is 125 Å². The van der Waals surface area contributed by atoms with Crippen molar-refractivity contribution in [1.29, 1.82) is 5.26 Å². The van der Waals surface area contributed by atoms with E-state index in [4.69, 9.17) is 33.6 Å². The molecule has 0 spiro atoms. The molecule has 4 heterocycles. The number of aliphatic hydroxyl groups excluding tert-OH is 1. The van der Waals surface area contributed by atoms with E-state index in [9.17, 15) is 54.4 Å². The van der Waals surface area contributed by atoms with Crippen LogP contribution in [0.3, 0.4) is 0 Å². The van der Waals surface area contributed by atoms with E-state index in [1.807, 2.05) is 0 Å². The Morgan fingerprint density at radius 3 is 1.49 bits per heavy atom. The number of halogens is 4. The number of aromatic nitrogens is 4. The third kappa shape index (κ3) is 13.9. The van der Waals surface area contributed by atoms with Crippen molar-refractivity contribution in [3.05, 3.63) is 175 Å². The number of hydrogen-bond acceptors (Lipinski definition) is 16. The zero-order valence-corrected chi connectivity index (χ0v) is 44.8. The summed E-state index contributed by atoms with van der Waals surface area (Å²) in [6.45, 7) is -0.375. The molecule has 0 saturated heterocycles. The Labute approximate surface area is 451 Å². The van der Waals surface area contributed by atoms with E-state index in [0.717, 1.165) is 43.9 Å². The molecule has 0 radical (unpaired) electrons. The van der Waals surface area contributed by atoms with Crippen molar-refractivity contribution < 1.29 is 69.9 Å². The molecule has 0 unspecified atom stereocenters. The maximum atomic E-state index is 14.2. The molecule has 28 heteroatoms. The van der Waals surface area contributed by atoms with Crippen LogP contribution in [-0.2, 0) is 42.3 Å². The number of rotatable bonds is 13. The van der Waals surface area contributed by atoms with Gasteiger partial charge in [-0.25, -0.2) is 44.3 Å². The minimum absolute atomic E-state index is 0. The van der Waals surface area contributed by atoms with E-state index in [0.29, 0.717) is 15.5 Å². The predicted molar refractivity (Wildman–Crippen MR) is 271 cm³/mol. The fourth-order valence-electron chi connectivity index (χ4n) is 6.70. The van der Waals surface area contributed by atoms with Gasteiger partial charge in [0, 0.05) is 26.9 Å². The number of thiophene rings is 2. The molecule has 0 bridgehead atoms. The summed E-state index contributed by atoms with van der Waals surface area (Å²) in [4.78, 5) is 80.5. The summed E-state index contributed by atoms with van der Waals surface area (Å²) in [6, 6.07) is 23.4. The minimum Gasteiger partial charge on any atom is -0.541 e. The first kappa shape index (κ1) is 57.6. The first-order valence-electron chi connectivity index (χ1n) is 20.3. The van der Waals surface area contributed by atoms with Gasteiger partial charge in [0.05, 0.1) is 65.2 Å². The number of nitrogens with one attached hydrogen (secondary N) is 4. The number of nitrogens with zero attached hydrogens (tertiary/aromatic N) is 4. The zero-order chi connectivity index (χ0) is 52.7. The summed E-state index contributed by atoms with van der Waals surface area (Å²) in [7, 11) is -4.93. The third-order valence-corrected chi connectivity index (χ3v) is 16.4. The van der Waals surface area contributed by atoms with Crippen LogP contribution >= 0.6 is 45.9 Å². The smallest absolute Gasteiger partial charge is 0.541 e. The number of sulfonamides is 1. The summed E-state index contributed by atoms with van der Waals surface area (Å²) >= 11 is 13.2. The standard InChI is InChI=1S/C22H17ClFN3O5S2.C21H16ClFN4O5S2.C2H3NO.Na/c1-25-18-10-17-15(9-16(18)24)21(29)27(22(30)26-17)13-4-2-12(3-5-13)8-14(28)11-34(31,32)20-7-6-19(23)33-20;1-24-16-10-15-13(9-14(16)23)20(29)27(21(30)25-15)12-4-2-11(3-5-12)8-18(28)26-34(31,32)19-7-6-17(22)33-19;3-1-2-4;/h2-7,9-10,25H,8,11H2,1H3,(H,26,30);2-7,9-10H,8H2,1H3,(H3,24,25,26,28,29,30);4H,2H2;/q;;;+1/p-1. The molecule has 4 aromatic heterocycles. The molecule has 4 aromatic carbocycles. The van der Waals surface area contributed by atoms with Gasteiger partial charge in [-0.05, 0) is 83.9 Å². The van der Waals surface area contributed by atoms with Crippen molar-refractivity contribution in [1.82, 2.24) is 19.1 Å². The monoisotopic (exact) mass is 1120 g/mol. The molecule has 0 aliphatic rings. The maximum absolute atomic E-state index is 14.2.